The molecular formula is C62H80N14O12S3+2. The van der Waals surface area contributed by atoms with Gasteiger partial charge in [0.1, 0.15) is 12.2 Å². The lowest BCUT2D eigenvalue weighted by atomic mass is 10.1. The van der Waals surface area contributed by atoms with Gasteiger partial charge in [-0.1, -0.05) is 12.1 Å². The van der Waals surface area contributed by atoms with Crippen molar-refractivity contribution in [2.24, 2.45) is 0 Å². The van der Waals surface area contributed by atoms with Crippen LogP contribution >= 0.6 is 11.8 Å². The van der Waals surface area contributed by atoms with E-state index in [1.54, 1.807) is 75.1 Å². The van der Waals surface area contributed by atoms with Gasteiger partial charge in [-0.05, 0) is 149 Å². The quantitative estimate of drug-likeness (QED) is 0.0132. The summed E-state index contributed by atoms with van der Waals surface area (Å²) in [5.74, 6) is -2.14. The van der Waals surface area contributed by atoms with Crippen LogP contribution in [0.4, 0.5) is 34.1 Å². The van der Waals surface area contributed by atoms with Crippen LogP contribution < -0.4 is 61.7 Å². The number of anilines is 6. The lowest BCUT2D eigenvalue weighted by molar-refractivity contribution is -0.693. The Morgan fingerprint density at radius 3 is 1.51 bits per heavy atom. The Kier molecular flexibility index (Phi) is 25.3. The van der Waals surface area contributed by atoms with Crippen LogP contribution in [0.25, 0.3) is 0 Å². The Balaban J connectivity index is 0.735. The van der Waals surface area contributed by atoms with Crippen LogP contribution in [-0.4, -0.2) is 146 Å². The first kappa shape index (κ1) is 68.5. The van der Waals surface area contributed by atoms with Gasteiger partial charge in [-0.3, -0.25) is 75.2 Å². The molecule has 2 saturated heterocycles. The first-order valence-electron chi connectivity index (χ1n) is 29.8. The Bertz CT molecular complexity index is 3720. The van der Waals surface area contributed by atoms with Gasteiger partial charge in [0.25, 0.3) is 26.0 Å². The largest absolute Gasteiger partial charge is 0.379 e. The van der Waals surface area contributed by atoms with Crippen LogP contribution in [0.5, 0.6) is 0 Å². The maximum Gasteiger partial charge on any atom is 0.327 e. The van der Waals surface area contributed by atoms with Crippen molar-refractivity contribution in [1.82, 2.24) is 31.3 Å². The Morgan fingerprint density at radius 1 is 0.549 bits per heavy atom. The number of thioether (sulfide) groups is 1. The summed E-state index contributed by atoms with van der Waals surface area (Å²) in [5.41, 5.74) is 18.8. The normalized spacial score (nSPS) is 13.7. The van der Waals surface area contributed by atoms with Crippen molar-refractivity contribution in [2.75, 3.05) is 121 Å². The summed E-state index contributed by atoms with van der Waals surface area (Å²) in [4.78, 5) is 73.4. The molecule has 26 nitrogen and oxygen atoms in total. The van der Waals surface area contributed by atoms with Crippen molar-refractivity contribution in [3.63, 3.8) is 0 Å². The fourth-order valence-electron chi connectivity index (χ4n) is 9.86. The van der Waals surface area contributed by atoms with E-state index < -0.39 is 49.6 Å². The molecule has 2 aliphatic heterocycles. The molecule has 0 atom stereocenters. The number of carbonyl (C=O) groups is 5. The molecule has 10 N–H and O–H groups in total. The second kappa shape index (κ2) is 33.6. The number of pyridine rings is 2. The zero-order valence-corrected chi connectivity index (χ0v) is 53.8. The Hall–Kier alpha value is -8.42. The first-order chi connectivity index (χ1) is 43.8. The number of amides is 5. The third kappa shape index (κ3) is 20.8. The summed E-state index contributed by atoms with van der Waals surface area (Å²) in [6, 6.07) is 26.0. The summed E-state index contributed by atoms with van der Waals surface area (Å²) in [6.07, 6.45) is 8.98. The second-order valence-corrected chi connectivity index (χ2v) is 26.2. The van der Waals surface area contributed by atoms with Gasteiger partial charge >= 0.3 is 23.6 Å². The van der Waals surface area contributed by atoms with Crippen LogP contribution in [0, 0.1) is 27.7 Å². The van der Waals surface area contributed by atoms with Gasteiger partial charge in [0.05, 0.1) is 64.8 Å². The minimum Gasteiger partial charge on any atom is -0.379 e. The van der Waals surface area contributed by atoms with Gasteiger partial charge in [-0.25, -0.2) is 26.0 Å². The van der Waals surface area contributed by atoms with Crippen LogP contribution in [-0.2, 0) is 73.2 Å². The second-order valence-electron chi connectivity index (χ2n) is 21.6. The maximum atomic E-state index is 13.7. The molecule has 2 fully saturated rings. The third-order valence-corrected chi connectivity index (χ3v) is 18.9. The number of carbonyl (C=O) groups excluding carboxylic acids is 5. The minimum atomic E-state index is -4.13. The third-order valence-electron chi connectivity index (χ3n) is 14.9. The van der Waals surface area contributed by atoms with Crippen molar-refractivity contribution >= 4 is 95.5 Å². The van der Waals surface area contributed by atoms with Gasteiger partial charge in [0.15, 0.2) is 37.9 Å². The van der Waals surface area contributed by atoms with Gasteiger partial charge in [0.2, 0.25) is 0 Å². The molecule has 0 radical (unpaired) electrons. The molecule has 4 heterocycles. The van der Waals surface area contributed by atoms with Crippen molar-refractivity contribution in [3.05, 3.63) is 155 Å². The smallest absolute Gasteiger partial charge is 0.327 e. The Morgan fingerprint density at radius 2 is 1.00 bits per heavy atom. The molecule has 2 aliphatic rings. The van der Waals surface area contributed by atoms with Crippen LogP contribution in [0.3, 0.4) is 0 Å². The number of hydrogen-bond acceptors (Lipinski definition) is 18. The molecule has 0 spiro atoms. The van der Waals surface area contributed by atoms with E-state index in [9.17, 15) is 40.8 Å². The number of ether oxygens (including phenoxy) is 2. The summed E-state index contributed by atoms with van der Waals surface area (Å²) in [5, 5.41) is 8.15. The number of nitrogens with one attached hydrogen (secondary N) is 10. The standard InChI is InChI=1S/C62H78N14O12S3/c1-44-11-21-54(90(82,83)71-52-17-13-50(14-18-52)66-68-61(80)59(78)63-23-7-27-73-29-35-86-36-30-73)46(3)56(44)65-58(77)49-10-6-26-76(42-49)34-40-89-39-33-75-25-5-9-48(41-75)43-88-70-57-45(2)12-22-55(47(57)4)91(84,85)72-53-19-15-51(16-20-53)67-69-62(81)60(79)64-24-8-28-74-31-37-87-38-32-74/h5-6,9-22,25-26,41-42,70H,7-8,23-24,27-40,43H2,1-4H3,(H7-2,63,64,65,66,67,68,69,71,72,77,78,79,80,81)/p+2. The molecular weight excluding hydrogens is 1230 g/mol. The van der Waals surface area contributed by atoms with Gasteiger partial charge in [-0.15, -0.1) is 11.8 Å². The molecule has 4 aromatic carbocycles. The number of sulfonamides is 2. The number of aromatic nitrogens is 2. The van der Waals surface area contributed by atoms with Crippen molar-refractivity contribution in [3.8, 4) is 0 Å². The van der Waals surface area contributed by atoms with E-state index in [2.05, 4.69) is 66.9 Å². The highest BCUT2D eigenvalue weighted by Gasteiger charge is 2.25. The number of nitrogens with zero attached hydrogens (tertiary/aromatic N) is 4. The molecule has 0 aliphatic carbocycles. The zero-order valence-electron chi connectivity index (χ0n) is 51.4. The fourth-order valence-corrected chi connectivity index (χ4v) is 13.4. The number of benzene rings is 4. The molecule has 8 rings (SSSR count). The van der Waals surface area contributed by atoms with Crippen LogP contribution in [0.2, 0.25) is 0 Å². The zero-order chi connectivity index (χ0) is 64.8. The summed E-state index contributed by atoms with van der Waals surface area (Å²) < 4.78 is 74.7. The van der Waals surface area contributed by atoms with E-state index in [0.29, 0.717) is 110 Å². The maximum absolute atomic E-state index is 13.7. The van der Waals surface area contributed by atoms with E-state index in [1.165, 1.54) is 48.5 Å². The molecule has 6 aromatic rings. The molecule has 91 heavy (non-hydrogen) atoms. The molecule has 0 bridgehead atoms. The number of rotatable bonds is 30. The lowest BCUT2D eigenvalue weighted by Gasteiger charge is -2.26. The SMILES string of the molecule is Cc1ccc(S(=O)(=O)Nc2ccc(NNC(=O)C(=O)NCCCN3CCOCC3)cc2)c(C)c1NOCc1ccc[n+](CCSCC[n+]2cccc(C(=O)Nc3c(C)ccc(S(=O)(=O)Nc4ccc(NNC(=O)C(=O)NCCCN5CCOCC5)cc4)c3C)c2)c1. The monoisotopic (exact) mass is 1310 g/mol. The Labute approximate surface area is 534 Å². The molecule has 486 valence electrons. The molecule has 0 saturated carbocycles. The molecule has 5 amide bonds. The van der Waals surface area contributed by atoms with E-state index in [0.717, 1.165) is 61.9 Å². The molecule has 2 aromatic heterocycles. The van der Waals surface area contributed by atoms with Gasteiger partial charge in [-0.2, -0.15) is 0 Å². The first-order valence-corrected chi connectivity index (χ1v) is 33.9. The van der Waals surface area contributed by atoms with Gasteiger partial charge in [0, 0.05) is 74.0 Å². The number of morpholine rings is 2. The predicted molar refractivity (Wildman–Crippen MR) is 347 cm³/mol. The van der Waals surface area contributed by atoms with Gasteiger partial charge < -0.3 is 25.4 Å². The van der Waals surface area contributed by atoms with Crippen molar-refractivity contribution in [2.45, 2.75) is 70.0 Å². The number of hydrogen-bond donors (Lipinski definition) is 10. The van der Waals surface area contributed by atoms with Crippen LogP contribution in [0.1, 0.15) is 51.0 Å². The molecule has 29 heteroatoms. The average molecular weight is 1310 g/mol. The number of aryl methyl sites for hydroxylation is 4. The highest BCUT2D eigenvalue weighted by atomic mass is 32.2. The van der Waals surface area contributed by atoms with E-state index in [-0.39, 0.29) is 27.8 Å². The summed E-state index contributed by atoms with van der Waals surface area (Å²) >= 11 is 1.75. The predicted octanol–water partition coefficient (Wildman–Crippen LogP) is 3.89. The highest BCUT2D eigenvalue weighted by Crippen LogP contribution is 2.31. The van der Waals surface area contributed by atoms with Crippen LogP contribution in [0.15, 0.2) is 132 Å². The molecule has 0 unspecified atom stereocenters. The highest BCUT2D eigenvalue weighted by molar-refractivity contribution is 7.99. The average Bonchev–Trinajstić information content (AvgIpc) is 1.21. The number of hydrazine groups is 2. The van der Waals surface area contributed by atoms with E-state index >= 15 is 0 Å². The summed E-state index contributed by atoms with van der Waals surface area (Å²) in [6.45, 7) is 16.9. The summed E-state index contributed by atoms with van der Waals surface area (Å²) in [7, 11) is -8.19. The topological polar surface area (TPSA) is 316 Å². The minimum absolute atomic E-state index is 0.0262. The van der Waals surface area contributed by atoms with E-state index in [4.69, 9.17) is 14.3 Å². The lowest BCUT2D eigenvalue weighted by Crippen LogP contribution is -2.43. The van der Waals surface area contributed by atoms with Crippen molar-refractivity contribution < 1.29 is 64.3 Å². The van der Waals surface area contributed by atoms with Crippen molar-refractivity contribution in [1.29, 1.82) is 0 Å². The van der Waals surface area contributed by atoms with E-state index in [1.807, 2.05) is 42.2 Å². The fraction of sp³-hybridized carbons (Fsp3) is 0.371.